The fourth-order valence-corrected chi connectivity index (χ4v) is 2.74. The third kappa shape index (κ3) is 5.33. The van der Waals surface area contributed by atoms with E-state index >= 15 is 0 Å². The summed E-state index contributed by atoms with van der Waals surface area (Å²) in [4.78, 5) is 6.27. The highest BCUT2D eigenvalue weighted by molar-refractivity contribution is 5.27. The Balaban J connectivity index is 1.40. The third-order valence-electron chi connectivity index (χ3n) is 3.95. The Morgan fingerprint density at radius 1 is 1.29 bits per heavy atom. The summed E-state index contributed by atoms with van der Waals surface area (Å²) >= 11 is 0. The number of likely N-dealkylation sites (N-methyl/N-ethyl adjacent to an activating group) is 1. The summed E-state index contributed by atoms with van der Waals surface area (Å²) in [6.45, 7) is 5.29. The number of hydrogen-bond donors (Lipinski definition) is 0. The predicted octanol–water partition coefficient (Wildman–Crippen LogP) is 1.81. The number of aromatic nitrogens is 2. The van der Waals surface area contributed by atoms with E-state index in [9.17, 15) is 0 Å². The fourth-order valence-electron chi connectivity index (χ4n) is 2.74. The Bertz CT molecular complexity index is 580. The number of rotatable bonds is 8. The van der Waals surface area contributed by atoms with Crippen molar-refractivity contribution in [1.82, 2.24) is 14.5 Å². The highest BCUT2D eigenvalue weighted by Gasteiger charge is 2.16. The van der Waals surface area contributed by atoms with Crippen LogP contribution in [-0.4, -0.2) is 60.6 Å². The van der Waals surface area contributed by atoms with Crippen molar-refractivity contribution in [2.24, 2.45) is 0 Å². The minimum absolute atomic E-state index is 0.175. The van der Waals surface area contributed by atoms with Gasteiger partial charge < -0.3 is 18.8 Å². The van der Waals surface area contributed by atoms with Gasteiger partial charge in [0.2, 0.25) is 0 Å². The number of imidazole rings is 1. The summed E-state index contributed by atoms with van der Waals surface area (Å²) in [5.41, 5.74) is 1.26. The molecule has 0 saturated carbocycles. The maximum absolute atomic E-state index is 5.76. The number of benzene rings is 1. The van der Waals surface area contributed by atoms with E-state index in [-0.39, 0.29) is 6.10 Å². The van der Waals surface area contributed by atoms with Gasteiger partial charge in [-0.3, -0.25) is 4.90 Å². The SMILES string of the molecule is CN(Cc1ccc(OCCn2ccnc2)cc1)C[C@H]1COCCO1. The van der Waals surface area contributed by atoms with Crippen LogP contribution in [0.3, 0.4) is 0 Å². The first-order valence-corrected chi connectivity index (χ1v) is 8.35. The van der Waals surface area contributed by atoms with Gasteiger partial charge in [-0.15, -0.1) is 0 Å². The molecule has 0 aliphatic carbocycles. The van der Waals surface area contributed by atoms with Crippen molar-refractivity contribution in [3.63, 3.8) is 0 Å². The first kappa shape index (κ1) is 17.0. The van der Waals surface area contributed by atoms with Crippen molar-refractivity contribution < 1.29 is 14.2 Å². The lowest BCUT2D eigenvalue weighted by atomic mass is 10.2. The molecule has 0 spiro atoms. The standard InChI is InChI=1S/C18H25N3O3/c1-20(13-18-14-22-10-11-24-18)12-16-2-4-17(5-3-16)23-9-8-21-7-6-19-15-21/h2-7,15,18H,8-14H2,1H3/t18-/m0/s1. The maximum atomic E-state index is 5.76. The Labute approximate surface area is 143 Å². The molecule has 1 aliphatic heterocycles. The van der Waals surface area contributed by atoms with Crippen molar-refractivity contribution in [1.29, 1.82) is 0 Å². The van der Waals surface area contributed by atoms with Gasteiger partial charge in [0, 0.05) is 25.5 Å². The first-order valence-electron chi connectivity index (χ1n) is 8.35. The third-order valence-corrected chi connectivity index (χ3v) is 3.95. The van der Waals surface area contributed by atoms with Crippen LogP contribution in [0.2, 0.25) is 0 Å². The summed E-state index contributed by atoms with van der Waals surface area (Å²) in [6, 6.07) is 8.27. The average Bonchev–Trinajstić information content (AvgIpc) is 3.11. The second kappa shape index (κ2) is 8.82. The Hall–Kier alpha value is -1.89. The molecule has 24 heavy (non-hydrogen) atoms. The Morgan fingerprint density at radius 3 is 2.88 bits per heavy atom. The van der Waals surface area contributed by atoms with Crippen LogP contribution in [0.1, 0.15) is 5.56 Å². The molecule has 1 aromatic carbocycles. The van der Waals surface area contributed by atoms with Crippen molar-refractivity contribution in [2.75, 3.05) is 40.0 Å². The lowest BCUT2D eigenvalue weighted by molar-refractivity contribution is -0.0962. The predicted molar refractivity (Wildman–Crippen MR) is 91.1 cm³/mol. The van der Waals surface area contributed by atoms with Gasteiger partial charge >= 0.3 is 0 Å². The molecular weight excluding hydrogens is 306 g/mol. The first-order chi connectivity index (χ1) is 11.8. The van der Waals surface area contributed by atoms with Crippen LogP contribution in [0, 0.1) is 0 Å². The van der Waals surface area contributed by atoms with Crippen LogP contribution in [0.15, 0.2) is 43.0 Å². The maximum Gasteiger partial charge on any atom is 0.119 e. The smallest absolute Gasteiger partial charge is 0.119 e. The fraction of sp³-hybridized carbons (Fsp3) is 0.500. The van der Waals surface area contributed by atoms with E-state index in [1.165, 1.54) is 5.56 Å². The molecule has 0 unspecified atom stereocenters. The quantitative estimate of drug-likeness (QED) is 0.738. The molecule has 1 saturated heterocycles. The molecule has 6 heteroatoms. The minimum atomic E-state index is 0.175. The van der Waals surface area contributed by atoms with Crippen LogP contribution in [-0.2, 0) is 22.6 Å². The Kier molecular flexibility index (Phi) is 6.23. The number of nitrogens with zero attached hydrogens (tertiary/aromatic N) is 3. The zero-order valence-corrected chi connectivity index (χ0v) is 14.1. The monoisotopic (exact) mass is 331 g/mol. The molecule has 0 radical (unpaired) electrons. The molecule has 1 atom stereocenters. The van der Waals surface area contributed by atoms with Gasteiger partial charge in [0.05, 0.1) is 38.8 Å². The number of hydrogen-bond acceptors (Lipinski definition) is 5. The molecule has 1 fully saturated rings. The second-order valence-corrected chi connectivity index (χ2v) is 6.06. The van der Waals surface area contributed by atoms with E-state index in [1.54, 1.807) is 12.5 Å². The van der Waals surface area contributed by atoms with E-state index in [0.717, 1.165) is 25.4 Å². The van der Waals surface area contributed by atoms with Crippen LogP contribution in [0.5, 0.6) is 5.75 Å². The van der Waals surface area contributed by atoms with Gasteiger partial charge in [0.25, 0.3) is 0 Å². The van der Waals surface area contributed by atoms with Crippen LogP contribution < -0.4 is 4.74 Å². The van der Waals surface area contributed by atoms with Gasteiger partial charge in [0.1, 0.15) is 12.4 Å². The minimum Gasteiger partial charge on any atom is -0.492 e. The molecule has 1 aromatic heterocycles. The van der Waals surface area contributed by atoms with E-state index in [1.807, 2.05) is 22.9 Å². The molecule has 0 amide bonds. The largest absolute Gasteiger partial charge is 0.492 e. The summed E-state index contributed by atoms with van der Waals surface area (Å²) in [5, 5.41) is 0. The van der Waals surface area contributed by atoms with Crippen LogP contribution in [0.4, 0.5) is 0 Å². The molecule has 2 aromatic rings. The van der Waals surface area contributed by atoms with Crippen LogP contribution >= 0.6 is 0 Å². The topological polar surface area (TPSA) is 48.8 Å². The van der Waals surface area contributed by atoms with Gasteiger partial charge in [-0.05, 0) is 24.7 Å². The van der Waals surface area contributed by atoms with Gasteiger partial charge in [-0.1, -0.05) is 12.1 Å². The number of ether oxygens (including phenoxy) is 3. The average molecular weight is 331 g/mol. The lowest BCUT2D eigenvalue weighted by Crippen LogP contribution is -2.38. The van der Waals surface area contributed by atoms with Gasteiger partial charge in [0.15, 0.2) is 0 Å². The van der Waals surface area contributed by atoms with E-state index in [4.69, 9.17) is 14.2 Å². The Morgan fingerprint density at radius 2 is 2.17 bits per heavy atom. The van der Waals surface area contributed by atoms with Crippen LogP contribution in [0.25, 0.3) is 0 Å². The summed E-state index contributed by atoms with van der Waals surface area (Å²) in [7, 11) is 2.10. The highest BCUT2D eigenvalue weighted by atomic mass is 16.6. The lowest BCUT2D eigenvalue weighted by Gasteiger charge is -2.27. The molecule has 1 aliphatic rings. The van der Waals surface area contributed by atoms with E-state index in [2.05, 4.69) is 29.1 Å². The second-order valence-electron chi connectivity index (χ2n) is 6.06. The van der Waals surface area contributed by atoms with Gasteiger partial charge in [-0.2, -0.15) is 0 Å². The molecule has 0 N–H and O–H groups in total. The zero-order valence-electron chi connectivity index (χ0n) is 14.1. The molecule has 0 bridgehead atoms. The van der Waals surface area contributed by atoms with Crippen molar-refractivity contribution in [3.8, 4) is 5.75 Å². The molecule has 3 rings (SSSR count). The summed E-state index contributed by atoms with van der Waals surface area (Å²) in [5.74, 6) is 0.894. The van der Waals surface area contributed by atoms with Gasteiger partial charge in [-0.25, -0.2) is 4.98 Å². The summed E-state index contributed by atoms with van der Waals surface area (Å²) < 4.78 is 18.9. The van der Waals surface area contributed by atoms with Crippen molar-refractivity contribution >= 4 is 0 Å². The van der Waals surface area contributed by atoms with E-state index < -0.39 is 0 Å². The zero-order chi connectivity index (χ0) is 16.6. The van der Waals surface area contributed by atoms with Crippen molar-refractivity contribution in [2.45, 2.75) is 19.2 Å². The normalized spacial score (nSPS) is 18.0. The highest BCUT2D eigenvalue weighted by Crippen LogP contribution is 2.14. The molecular formula is C18H25N3O3. The molecule has 6 nitrogen and oxygen atoms in total. The van der Waals surface area contributed by atoms with Crippen molar-refractivity contribution in [3.05, 3.63) is 48.5 Å². The summed E-state index contributed by atoms with van der Waals surface area (Å²) in [6.07, 6.45) is 5.68. The molecule has 2 heterocycles. The molecule has 130 valence electrons. The van der Waals surface area contributed by atoms with E-state index in [0.29, 0.717) is 26.4 Å².